The zero-order valence-corrected chi connectivity index (χ0v) is 17.0. The molecule has 2 N–H and O–H groups in total. The Hall–Kier alpha value is -3.38. The number of fused-ring (bicyclic) bond motifs is 1. The predicted molar refractivity (Wildman–Crippen MR) is 114 cm³/mol. The Bertz CT molecular complexity index is 1090. The second kappa shape index (κ2) is 7.80. The fourth-order valence-electron chi connectivity index (χ4n) is 3.72. The molecule has 2 atom stereocenters. The minimum Gasteiger partial charge on any atom is -0.490 e. The number of amides is 3. The molecule has 1 fully saturated rings. The van der Waals surface area contributed by atoms with Crippen molar-refractivity contribution in [2.24, 2.45) is 0 Å². The van der Waals surface area contributed by atoms with Crippen molar-refractivity contribution in [2.45, 2.75) is 25.5 Å². The van der Waals surface area contributed by atoms with Crippen molar-refractivity contribution in [1.82, 2.24) is 10.2 Å². The Kier molecular flexibility index (Phi) is 5.18. The van der Waals surface area contributed by atoms with Gasteiger partial charge in [-0.25, -0.2) is 4.79 Å². The molecule has 0 bridgehead atoms. The van der Waals surface area contributed by atoms with Crippen LogP contribution in [0.2, 0.25) is 0 Å². The first-order valence-corrected chi connectivity index (χ1v) is 9.88. The summed E-state index contributed by atoms with van der Waals surface area (Å²) >= 11 is 0. The van der Waals surface area contributed by atoms with Crippen molar-refractivity contribution in [1.29, 1.82) is 0 Å². The van der Waals surface area contributed by atoms with E-state index in [-0.39, 0.29) is 19.1 Å². The van der Waals surface area contributed by atoms with Crippen LogP contribution in [0.5, 0.6) is 5.75 Å². The van der Waals surface area contributed by atoms with E-state index in [9.17, 15) is 14.7 Å². The number of rotatable bonds is 6. The Morgan fingerprint density at radius 3 is 2.50 bits per heavy atom. The topological polar surface area (TPSA) is 78.9 Å². The number of urea groups is 1. The number of hydrogen-bond acceptors (Lipinski definition) is 4. The lowest BCUT2D eigenvalue weighted by atomic mass is 9.91. The van der Waals surface area contributed by atoms with Crippen LogP contribution in [0.15, 0.2) is 66.7 Å². The lowest BCUT2D eigenvalue weighted by molar-refractivity contribution is -0.132. The highest BCUT2D eigenvalue weighted by molar-refractivity contribution is 6.07. The third-order valence-corrected chi connectivity index (χ3v) is 5.48. The molecular weight excluding hydrogens is 380 g/mol. The highest BCUT2D eigenvalue weighted by atomic mass is 16.5. The first-order chi connectivity index (χ1) is 14.4. The van der Waals surface area contributed by atoms with Gasteiger partial charge in [-0.15, -0.1) is 0 Å². The molecule has 0 unspecified atom stereocenters. The van der Waals surface area contributed by atoms with Crippen molar-refractivity contribution in [3.05, 3.63) is 77.9 Å². The van der Waals surface area contributed by atoms with Crippen LogP contribution in [-0.4, -0.2) is 41.2 Å². The number of nitrogens with one attached hydrogen (secondary N) is 1. The van der Waals surface area contributed by atoms with Gasteiger partial charge in [0, 0.05) is 5.39 Å². The van der Waals surface area contributed by atoms with Crippen LogP contribution in [0.3, 0.4) is 0 Å². The van der Waals surface area contributed by atoms with E-state index in [1.54, 1.807) is 6.92 Å². The first-order valence-electron chi connectivity index (χ1n) is 9.88. The van der Waals surface area contributed by atoms with Crippen LogP contribution in [-0.2, 0) is 10.3 Å². The van der Waals surface area contributed by atoms with Gasteiger partial charge in [0.05, 0.1) is 6.54 Å². The van der Waals surface area contributed by atoms with E-state index in [4.69, 9.17) is 4.74 Å². The van der Waals surface area contributed by atoms with Gasteiger partial charge in [-0.05, 0) is 30.9 Å². The van der Waals surface area contributed by atoms with Crippen molar-refractivity contribution in [2.75, 3.05) is 13.2 Å². The normalized spacial score (nSPS) is 19.8. The van der Waals surface area contributed by atoms with Crippen LogP contribution in [0.25, 0.3) is 10.8 Å². The Morgan fingerprint density at radius 1 is 1.03 bits per heavy atom. The highest BCUT2D eigenvalue weighted by Gasteiger charge is 2.49. The fraction of sp³-hybridized carbons (Fsp3) is 0.250. The van der Waals surface area contributed by atoms with Gasteiger partial charge >= 0.3 is 6.03 Å². The number of aryl methyl sites for hydroxylation is 1. The van der Waals surface area contributed by atoms with Crippen molar-refractivity contribution in [3.63, 3.8) is 0 Å². The molecule has 4 rings (SSSR count). The number of aliphatic hydroxyl groups is 1. The summed E-state index contributed by atoms with van der Waals surface area (Å²) < 4.78 is 5.79. The van der Waals surface area contributed by atoms with Crippen LogP contribution in [0, 0.1) is 6.92 Å². The van der Waals surface area contributed by atoms with E-state index in [2.05, 4.69) is 5.32 Å². The number of carbonyl (C=O) groups is 2. The maximum absolute atomic E-state index is 13.0. The molecule has 0 aromatic heterocycles. The summed E-state index contributed by atoms with van der Waals surface area (Å²) in [6.07, 6.45) is -1.01. The molecule has 0 radical (unpaired) electrons. The van der Waals surface area contributed by atoms with Crippen LogP contribution < -0.4 is 10.1 Å². The van der Waals surface area contributed by atoms with Gasteiger partial charge in [0.2, 0.25) is 0 Å². The van der Waals surface area contributed by atoms with Gasteiger partial charge in [-0.3, -0.25) is 9.69 Å². The fourth-order valence-corrected chi connectivity index (χ4v) is 3.72. The number of aliphatic hydroxyl groups excluding tert-OH is 1. The van der Waals surface area contributed by atoms with Crippen molar-refractivity contribution in [3.8, 4) is 5.75 Å². The molecule has 0 saturated carbocycles. The molecule has 1 aliphatic heterocycles. The number of carbonyl (C=O) groups excluding carboxylic acids is 2. The maximum Gasteiger partial charge on any atom is 0.325 e. The summed E-state index contributed by atoms with van der Waals surface area (Å²) in [5, 5.41) is 15.2. The zero-order chi connectivity index (χ0) is 21.3. The van der Waals surface area contributed by atoms with Gasteiger partial charge < -0.3 is 15.2 Å². The lowest BCUT2D eigenvalue weighted by Gasteiger charge is -2.23. The monoisotopic (exact) mass is 404 g/mol. The number of imide groups is 1. The SMILES string of the molecule is Cc1ccc([C@@]2(C)NC(=O)N(C[C@H](O)COc3cccc4ccccc34)C2=O)cc1. The standard InChI is InChI=1S/C24H24N2O4/c1-16-10-12-18(13-11-16)24(2)22(28)26(23(29)25-24)14-19(27)15-30-21-9-5-7-17-6-3-4-8-20(17)21/h3-13,19,27H,14-15H2,1-2H3,(H,25,29)/t19-,24+/m0/s1. The number of benzene rings is 3. The average Bonchev–Trinajstić information content (AvgIpc) is 2.96. The van der Waals surface area contributed by atoms with E-state index in [1.807, 2.05) is 73.7 Å². The Labute approximate surface area is 175 Å². The molecule has 3 amide bonds. The van der Waals surface area contributed by atoms with Gasteiger partial charge in [0.1, 0.15) is 24.0 Å². The Balaban J connectivity index is 1.44. The highest BCUT2D eigenvalue weighted by Crippen LogP contribution is 2.29. The zero-order valence-electron chi connectivity index (χ0n) is 17.0. The van der Waals surface area contributed by atoms with Gasteiger partial charge in [-0.2, -0.15) is 0 Å². The number of β-amino-alcohol motifs (C(OH)–C–C–N with tert-alkyl or cyclic N) is 1. The maximum atomic E-state index is 13.0. The van der Waals surface area contributed by atoms with Gasteiger partial charge in [0.25, 0.3) is 5.91 Å². The molecule has 6 heteroatoms. The second-order valence-electron chi connectivity index (χ2n) is 7.78. The summed E-state index contributed by atoms with van der Waals surface area (Å²) in [6.45, 7) is 3.46. The molecule has 1 heterocycles. The largest absolute Gasteiger partial charge is 0.490 e. The van der Waals surface area contributed by atoms with E-state index < -0.39 is 17.7 Å². The smallest absolute Gasteiger partial charge is 0.325 e. The molecule has 154 valence electrons. The summed E-state index contributed by atoms with van der Waals surface area (Å²) in [5.74, 6) is 0.259. The quantitative estimate of drug-likeness (QED) is 0.618. The van der Waals surface area contributed by atoms with Gasteiger partial charge in [-0.1, -0.05) is 66.2 Å². The summed E-state index contributed by atoms with van der Waals surface area (Å²) in [4.78, 5) is 26.5. The number of ether oxygens (including phenoxy) is 1. The number of nitrogens with zero attached hydrogens (tertiary/aromatic N) is 1. The molecule has 1 aliphatic rings. The first kappa shape index (κ1) is 19.9. The van der Waals surface area contributed by atoms with Crippen LogP contribution >= 0.6 is 0 Å². The summed E-state index contributed by atoms with van der Waals surface area (Å²) in [5.41, 5.74) is 0.619. The molecule has 30 heavy (non-hydrogen) atoms. The number of hydrogen-bond donors (Lipinski definition) is 2. The summed E-state index contributed by atoms with van der Waals surface area (Å²) in [6, 6.07) is 20.4. The van der Waals surface area contributed by atoms with Crippen LogP contribution in [0.1, 0.15) is 18.1 Å². The second-order valence-corrected chi connectivity index (χ2v) is 7.78. The van der Waals surface area contributed by atoms with Crippen LogP contribution in [0.4, 0.5) is 4.79 Å². The predicted octanol–water partition coefficient (Wildman–Crippen LogP) is 3.36. The molecule has 1 saturated heterocycles. The molecule has 3 aromatic rings. The average molecular weight is 404 g/mol. The molecule has 6 nitrogen and oxygen atoms in total. The van der Waals surface area contributed by atoms with E-state index in [1.165, 1.54) is 0 Å². The minimum atomic E-state index is -1.15. The van der Waals surface area contributed by atoms with Crippen molar-refractivity contribution >= 4 is 22.7 Å². The third kappa shape index (κ3) is 3.62. The summed E-state index contributed by atoms with van der Waals surface area (Å²) in [7, 11) is 0. The lowest BCUT2D eigenvalue weighted by Crippen LogP contribution is -2.42. The Morgan fingerprint density at radius 2 is 1.73 bits per heavy atom. The molecule has 3 aromatic carbocycles. The third-order valence-electron chi connectivity index (χ3n) is 5.48. The van der Waals surface area contributed by atoms with E-state index in [0.29, 0.717) is 11.3 Å². The molecular formula is C24H24N2O4. The van der Waals surface area contributed by atoms with E-state index >= 15 is 0 Å². The van der Waals surface area contributed by atoms with Crippen molar-refractivity contribution < 1.29 is 19.4 Å². The molecule has 0 spiro atoms. The minimum absolute atomic E-state index is 0.0354. The molecule has 0 aliphatic carbocycles. The van der Waals surface area contributed by atoms with Gasteiger partial charge in [0.15, 0.2) is 0 Å². The van der Waals surface area contributed by atoms with E-state index in [0.717, 1.165) is 21.2 Å².